The molecule has 0 aromatic rings. The first-order valence-corrected chi connectivity index (χ1v) is 4.86. The van der Waals surface area contributed by atoms with E-state index in [1.165, 1.54) is 25.8 Å². The number of hydrogen-bond acceptors (Lipinski definition) is 2. The standard InChI is InChI=1S/C7H15NS/c1-8-6-4-3-5-7(8)9-2/h7H,3-6H2,1-2H3. The average Bonchev–Trinajstić information content (AvgIpc) is 1.89. The molecule has 1 aliphatic heterocycles. The van der Waals surface area contributed by atoms with E-state index in [1.807, 2.05) is 11.8 Å². The minimum absolute atomic E-state index is 0.804. The van der Waals surface area contributed by atoms with Crippen LogP contribution in [0.3, 0.4) is 0 Å². The first kappa shape index (κ1) is 7.42. The molecule has 0 saturated carbocycles. The molecule has 2 heteroatoms. The smallest absolute Gasteiger partial charge is 0.0551 e. The summed E-state index contributed by atoms with van der Waals surface area (Å²) in [5, 5.41) is 0.804. The van der Waals surface area contributed by atoms with E-state index in [-0.39, 0.29) is 0 Å². The van der Waals surface area contributed by atoms with Gasteiger partial charge in [0.1, 0.15) is 0 Å². The van der Waals surface area contributed by atoms with Gasteiger partial charge in [-0.25, -0.2) is 0 Å². The Morgan fingerprint density at radius 3 is 2.67 bits per heavy atom. The summed E-state index contributed by atoms with van der Waals surface area (Å²) in [6, 6.07) is 0. The Morgan fingerprint density at radius 1 is 1.44 bits per heavy atom. The van der Waals surface area contributed by atoms with Gasteiger partial charge in [-0.05, 0) is 39.1 Å². The predicted molar refractivity (Wildman–Crippen MR) is 43.8 cm³/mol. The first-order chi connectivity index (χ1) is 4.34. The molecule has 1 fully saturated rings. The van der Waals surface area contributed by atoms with Crippen molar-refractivity contribution in [2.75, 3.05) is 19.8 Å². The number of hydrogen-bond donors (Lipinski definition) is 0. The van der Waals surface area contributed by atoms with Crippen molar-refractivity contribution < 1.29 is 0 Å². The largest absolute Gasteiger partial charge is 0.295 e. The topological polar surface area (TPSA) is 3.24 Å². The van der Waals surface area contributed by atoms with Crippen LogP contribution in [0.4, 0.5) is 0 Å². The molecular formula is C7H15NS. The van der Waals surface area contributed by atoms with Gasteiger partial charge >= 0.3 is 0 Å². The molecule has 0 aromatic carbocycles. The van der Waals surface area contributed by atoms with Gasteiger partial charge in [0.2, 0.25) is 0 Å². The van der Waals surface area contributed by atoms with Gasteiger partial charge in [0.15, 0.2) is 0 Å². The van der Waals surface area contributed by atoms with Crippen molar-refractivity contribution in [3.63, 3.8) is 0 Å². The van der Waals surface area contributed by atoms with E-state index in [4.69, 9.17) is 0 Å². The zero-order chi connectivity index (χ0) is 6.69. The van der Waals surface area contributed by atoms with E-state index in [0.29, 0.717) is 0 Å². The van der Waals surface area contributed by atoms with Gasteiger partial charge in [-0.2, -0.15) is 0 Å². The first-order valence-electron chi connectivity index (χ1n) is 3.57. The molecule has 0 aromatic heterocycles. The number of rotatable bonds is 1. The zero-order valence-corrected chi connectivity index (χ0v) is 7.08. The molecule has 1 saturated heterocycles. The van der Waals surface area contributed by atoms with Crippen LogP contribution in [0, 0.1) is 0 Å². The van der Waals surface area contributed by atoms with Crippen LogP contribution in [0.15, 0.2) is 0 Å². The molecular weight excluding hydrogens is 130 g/mol. The quantitative estimate of drug-likeness (QED) is 0.553. The highest BCUT2D eigenvalue weighted by Crippen LogP contribution is 2.22. The Labute approximate surface area is 61.8 Å². The fourth-order valence-electron chi connectivity index (χ4n) is 1.34. The molecule has 0 N–H and O–H groups in total. The summed E-state index contributed by atoms with van der Waals surface area (Å²) < 4.78 is 0. The van der Waals surface area contributed by atoms with E-state index in [0.717, 1.165) is 5.37 Å². The van der Waals surface area contributed by atoms with E-state index in [1.54, 1.807) is 0 Å². The zero-order valence-electron chi connectivity index (χ0n) is 6.26. The lowest BCUT2D eigenvalue weighted by Gasteiger charge is -2.30. The van der Waals surface area contributed by atoms with Gasteiger partial charge in [-0.1, -0.05) is 0 Å². The molecule has 0 spiro atoms. The second-order valence-electron chi connectivity index (χ2n) is 2.67. The lowest BCUT2D eigenvalue weighted by atomic mass is 10.1. The van der Waals surface area contributed by atoms with E-state index in [9.17, 15) is 0 Å². The Balaban J connectivity index is 2.30. The van der Waals surface area contributed by atoms with Gasteiger partial charge in [0.25, 0.3) is 0 Å². The van der Waals surface area contributed by atoms with E-state index >= 15 is 0 Å². The number of nitrogens with zero attached hydrogens (tertiary/aromatic N) is 1. The minimum Gasteiger partial charge on any atom is -0.295 e. The summed E-state index contributed by atoms with van der Waals surface area (Å²) in [5.41, 5.74) is 0. The molecule has 1 aliphatic rings. The maximum Gasteiger partial charge on any atom is 0.0551 e. The summed E-state index contributed by atoms with van der Waals surface area (Å²) in [6.45, 7) is 1.30. The van der Waals surface area contributed by atoms with Crippen molar-refractivity contribution in [2.24, 2.45) is 0 Å². The monoisotopic (exact) mass is 145 g/mol. The van der Waals surface area contributed by atoms with Crippen molar-refractivity contribution in [1.82, 2.24) is 4.90 Å². The highest BCUT2D eigenvalue weighted by Gasteiger charge is 2.16. The van der Waals surface area contributed by atoms with Crippen molar-refractivity contribution in [3.05, 3.63) is 0 Å². The van der Waals surface area contributed by atoms with E-state index < -0.39 is 0 Å². The third-order valence-electron chi connectivity index (χ3n) is 1.98. The Kier molecular flexibility index (Phi) is 2.86. The van der Waals surface area contributed by atoms with Crippen LogP contribution in [-0.2, 0) is 0 Å². The molecule has 1 rings (SSSR count). The fraction of sp³-hybridized carbons (Fsp3) is 1.00. The van der Waals surface area contributed by atoms with Gasteiger partial charge in [0.05, 0.1) is 5.37 Å². The van der Waals surface area contributed by atoms with Crippen LogP contribution < -0.4 is 0 Å². The highest BCUT2D eigenvalue weighted by atomic mass is 32.2. The normalized spacial score (nSPS) is 30.7. The third-order valence-corrected chi connectivity index (χ3v) is 3.12. The Morgan fingerprint density at radius 2 is 2.22 bits per heavy atom. The summed E-state index contributed by atoms with van der Waals surface area (Å²) in [5.74, 6) is 0. The van der Waals surface area contributed by atoms with Crippen LogP contribution in [0.2, 0.25) is 0 Å². The van der Waals surface area contributed by atoms with Gasteiger partial charge in [-0.3, -0.25) is 4.90 Å². The maximum absolute atomic E-state index is 2.45. The minimum atomic E-state index is 0.804. The second-order valence-corrected chi connectivity index (χ2v) is 3.68. The molecule has 1 atom stereocenters. The molecule has 1 unspecified atom stereocenters. The number of thioether (sulfide) groups is 1. The molecule has 1 heterocycles. The summed E-state index contributed by atoms with van der Waals surface area (Å²) in [4.78, 5) is 2.45. The molecule has 1 nitrogen and oxygen atoms in total. The maximum atomic E-state index is 2.45. The van der Waals surface area contributed by atoms with Gasteiger partial charge < -0.3 is 0 Å². The van der Waals surface area contributed by atoms with Gasteiger partial charge in [-0.15, -0.1) is 11.8 Å². The average molecular weight is 145 g/mol. The van der Waals surface area contributed by atoms with Crippen LogP contribution in [0.5, 0.6) is 0 Å². The summed E-state index contributed by atoms with van der Waals surface area (Å²) in [6.07, 6.45) is 6.41. The molecule has 0 aliphatic carbocycles. The molecule has 0 radical (unpaired) electrons. The molecule has 9 heavy (non-hydrogen) atoms. The van der Waals surface area contributed by atoms with Crippen molar-refractivity contribution >= 4 is 11.8 Å². The van der Waals surface area contributed by atoms with Crippen molar-refractivity contribution in [1.29, 1.82) is 0 Å². The molecule has 54 valence electrons. The van der Waals surface area contributed by atoms with Crippen molar-refractivity contribution in [2.45, 2.75) is 24.6 Å². The Bertz CT molecular complexity index is 85.0. The second kappa shape index (κ2) is 3.47. The molecule has 0 amide bonds. The van der Waals surface area contributed by atoms with Crippen LogP contribution in [0.1, 0.15) is 19.3 Å². The SMILES string of the molecule is CSC1CCCCN1C. The van der Waals surface area contributed by atoms with E-state index in [2.05, 4.69) is 18.2 Å². The summed E-state index contributed by atoms with van der Waals surface area (Å²) in [7, 11) is 2.22. The molecule has 0 bridgehead atoms. The van der Waals surface area contributed by atoms with Crippen LogP contribution >= 0.6 is 11.8 Å². The van der Waals surface area contributed by atoms with Gasteiger partial charge in [0, 0.05) is 0 Å². The fourth-order valence-corrected chi connectivity index (χ4v) is 2.21. The number of piperidine rings is 1. The summed E-state index contributed by atoms with van der Waals surface area (Å²) >= 11 is 1.98. The number of likely N-dealkylation sites (tertiary alicyclic amines) is 1. The van der Waals surface area contributed by atoms with Crippen molar-refractivity contribution in [3.8, 4) is 0 Å². The highest BCUT2D eigenvalue weighted by molar-refractivity contribution is 7.99. The predicted octanol–water partition coefficient (Wildman–Crippen LogP) is 1.79. The lowest BCUT2D eigenvalue weighted by Crippen LogP contribution is -2.33. The van der Waals surface area contributed by atoms with Crippen LogP contribution in [0.25, 0.3) is 0 Å². The Hall–Kier alpha value is 0.310. The lowest BCUT2D eigenvalue weighted by molar-refractivity contribution is 0.252. The van der Waals surface area contributed by atoms with Crippen LogP contribution in [-0.4, -0.2) is 30.1 Å². The third kappa shape index (κ3) is 1.87.